The summed E-state index contributed by atoms with van der Waals surface area (Å²) >= 11 is 0. The van der Waals surface area contributed by atoms with Crippen LogP contribution in [0.3, 0.4) is 0 Å². The van der Waals surface area contributed by atoms with E-state index >= 15 is 0 Å². The number of aliphatic hydroxyl groups is 1. The smallest absolute Gasteiger partial charge is 0.231 e. The zero-order valence-corrected chi connectivity index (χ0v) is 36.6. The van der Waals surface area contributed by atoms with Crippen LogP contribution in [-0.4, -0.2) is 44.0 Å². The number of aryl methyl sites for hydroxylation is 2. The van der Waals surface area contributed by atoms with Crippen molar-refractivity contribution in [2.75, 3.05) is 21.0 Å². The van der Waals surface area contributed by atoms with Crippen molar-refractivity contribution in [1.82, 2.24) is 0 Å². The van der Waals surface area contributed by atoms with Gasteiger partial charge in [-0.05, 0) is 138 Å². The van der Waals surface area contributed by atoms with Crippen molar-refractivity contribution in [2.24, 2.45) is 50.2 Å². The lowest BCUT2D eigenvalue weighted by molar-refractivity contribution is -0.686. The molecule has 1 N–H and O–H groups in total. The second-order valence-electron chi connectivity index (χ2n) is 21.2. The van der Waals surface area contributed by atoms with Crippen molar-refractivity contribution >= 4 is 22.5 Å². The van der Waals surface area contributed by atoms with Crippen LogP contribution in [0, 0.1) is 50.2 Å². The van der Waals surface area contributed by atoms with Crippen LogP contribution in [-0.2, 0) is 22.6 Å². The Bertz CT molecular complexity index is 2300. The lowest BCUT2D eigenvalue weighted by Gasteiger charge is -2.70. The molecule has 3 heterocycles. The largest absolute Gasteiger partial charge is 0.550 e. The minimum Gasteiger partial charge on any atom is -0.550 e. The molecular formula is C50H63NO8. The molecule has 59 heavy (non-hydrogen) atoms. The molecule has 0 radical (unpaired) electrons. The van der Waals surface area contributed by atoms with Crippen LogP contribution in [0.1, 0.15) is 112 Å². The average Bonchev–Trinajstić information content (AvgIpc) is 3.66. The fraction of sp³-hybridized carbons (Fsp3) is 0.620. The zero-order chi connectivity index (χ0) is 42.1. The maximum atomic E-state index is 14.2. The SMILES string of the molecule is CC1(C)[C@@H](O)CC[C@]2(C)[C@H]3C(=O)C=C4[C@@H]5C[C@@](C)(C(=O)[O-])CC[C@]5(C)CC[C@@]4(C)[C@]3(C)CC[C@@H]12.COc1ccc2cc3[n+](cc2c1OC)CCc1cc2c(cc1-3)OCO2. The van der Waals surface area contributed by atoms with Gasteiger partial charge in [0.15, 0.2) is 41.5 Å². The van der Waals surface area contributed by atoms with Crippen molar-refractivity contribution in [2.45, 2.75) is 125 Å². The number of rotatable bonds is 3. The normalized spacial score (nSPS) is 37.2. The number of carboxylic acids is 1. The van der Waals surface area contributed by atoms with Crippen molar-refractivity contribution in [3.8, 4) is 34.3 Å². The first-order chi connectivity index (χ1) is 27.8. The van der Waals surface area contributed by atoms with Crippen molar-refractivity contribution in [3.63, 3.8) is 0 Å². The van der Waals surface area contributed by atoms with Crippen LogP contribution in [0.25, 0.3) is 22.0 Å². The third-order valence-corrected chi connectivity index (χ3v) is 18.0. The molecule has 316 valence electrons. The van der Waals surface area contributed by atoms with Gasteiger partial charge in [-0.2, -0.15) is 4.57 Å². The summed E-state index contributed by atoms with van der Waals surface area (Å²) in [5.74, 6) is 2.92. The summed E-state index contributed by atoms with van der Waals surface area (Å²) in [6.45, 7) is 16.9. The van der Waals surface area contributed by atoms with Gasteiger partial charge in [-0.15, -0.1) is 0 Å². The molecule has 3 aromatic rings. The number of hydrogen-bond donors (Lipinski definition) is 1. The summed E-state index contributed by atoms with van der Waals surface area (Å²) in [4.78, 5) is 26.3. The summed E-state index contributed by atoms with van der Waals surface area (Å²) in [7, 11) is 3.34. The van der Waals surface area contributed by atoms with E-state index in [1.165, 1.54) is 22.4 Å². The number of ketones is 1. The van der Waals surface area contributed by atoms with Gasteiger partial charge in [0.25, 0.3) is 0 Å². The molecule has 9 nitrogen and oxygen atoms in total. The van der Waals surface area contributed by atoms with E-state index in [-0.39, 0.29) is 50.8 Å². The highest BCUT2D eigenvalue weighted by Gasteiger charge is 2.70. The zero-order valence-electron chi connectivity index (χ0n) is 36.6. The number of carbonyl (C=O) groups excluding carboxylic acids is 2. The second-order valence-corrected chi connectivity index (χ2v) is 21.2. The molecule has 0 unspecified atom stereocenters. The van der Waals surface area contributed by atoms with E-state index in [9.17, 15) is 19.8 Å². The summed E-state index contributed by atoms with van der Waals surface area (Å²) in [5, 5.41) is 25.1. The molecule has 1 aromatic heterocycles. The van der Waals surface area contributed by atoms with Gasteiger partial charge in [0.2, 0.25) is 12.5 Å². The monoisotopic (exact) mass is 805 g/mol. The maximum Gasteiger partial charge on any atom is 0.231 e. The summed E-state index contributed by atoms with van der Waals surface area (Å²) < 4.78 is 24.4. The minimum atomic E-state index is -0.940. The summed E-state index contributed by atoms with van der Waals surface area (Å²) in [6, 6.07) is 10.4. The molecule has 0 spiro atoms. The molecule has 2 aliphatic heterocycles. The van der Waals surface area contributed by atoms with Crippen LogP contribution in [0.5, 0.6) is 23.0 Å². The second kappa shape index (κ2) is 13.4. The Kier molecular flexibility index (Phi) is 9.18. The van der Waals surface area contributed by atoms with Crippen LogP contribution in [0.2, 0.25) is 0 Å². The van der Waals surface area contributed by atoms with E-state index in [0.717, 1.165) is 91.7 Å². The van der Waals surface area contributed by atoms with E-state index in [1.54, 1.807) is 14.2 Å². The number of carbonyl (C=O) groups is 2. The number of fused-ring (bicyclic) bond motifs is 12. The third kappa shape index (κ3) is 5.68. The molecule has 4 saturated carbocycles. The van der Waals surface area contributed by atoms with Gasteiger partial charge in [-0.25, -0.2) is 0 Å². The lowest BCUT2D eigenvalue weighted by atomic mass is 9.33. The molecule has 10 rings (SSSR count). The number of benzene rings is 2. The lowest BCUT2D eigenvalue weighted by Crippen LogP contribution is -2.66. The molecule has 0 amide bonds. The minimum absolute atomic E-state index is 0.0419. The first-order valence-corrected chi connectivity index (χ1v) is 22.0. The average molecular weight is 806 g/mol. The molecule has 9 atom stereocenters. The topological polar surface area (TPSA) is 118 Å². The fourth-order valence-corrected chi connectivity index (χ4v) is 14.1. The quantitative estimate of drug-likeness (QED) is 0.264. The van der Waals surface area contributed by atoms with Crippen molar-refractivity contribution in [3.05, 3.63) is 53.7 Å². The van der Waals surface area contributed by atoms with Gasteiger partial charge in [-0.3, -0.25) is 4.79 Å². The highest BCUT2D eigenvalue weighted by Crippen LogP contribution is 2.75. The first kappa shape index (κ1) is 40.3. The number of aliphatic hydroxyl groups excluding tert-OH is 1. The number of nitrogens with zero attached hydrogens (tertiary/aromatic N) is 1. The summed E-state index contributed by atoms with van der Waals surface area (Å²) in [6.07, 6.45) is 12.8. The molecule has 2 aromatic carbocycles. The highest BCUT2D eigenvalue weighted by atomic mass is 16.7. The Morgan fingerprint density at radius 1 is 0.898 bits per heavy atom. The maximum absolute atomic E-state index is 14.2. The van der Waals surface area contributed by atoms with Crippen molar-refractivity contribution in [1.29, 1.82) is 0 Å². The Balaban J connectivity index is 0.000000159. The van der Waals surface area contributed by atoms with Gasteiger partial charge in [0.1, 0.15) is 0 Å². The predicted octanol–water partition coefficient (Wildman–Crippen LogP) is 8.17. The Morgan fingerprint density at radius 3 is 2.34 bits per heavy atom. The van der Waals surface area contributed by atoms with Gasteiger partial charge < -0.3 is 34.0 Å². The van der Waals surface area contributed by atoms with Gasteiger partial charge in [0.05, 0.1) is 31.3 Å². The van der Waals surface area contributed by atoms with Crippen molar-refractivity contribution < 1.29 is 43.3 Å². The molecule has 9 heteroatoms. The van der Waals surface area contributed by atoms with E-state index in [4.69, 9.17) is 18.9 Å². The fourth-order valence-electron chi connectivity index (χ4n) is 14.1. The van der Waals surface area contributed by atoms with E-state index < -0.39 is 11.4 Å². The Labute approximate surface area is 349 Å². The van der Waals surface area contributed by atoms with Gasteiger partial charge in [0, 0.05) is 29.8 Å². The molecular weight excluding hydrogens is 743 g/mol. The highest BCUT2D eigenvalue weighted by molar-refractivity contribution is 5.96. The number of carboxylic acid groups (broad SMARTS) is 1. The predicted molar refractivity (Wildman–Crippen MR) is 223 cm³/mol. The molecule has 7 aliphatic rings. The van der Waals surface area contributed by atoms with E-state index in [0.29, 0.717) is 25.6 Å². The molecule has 4 fully saturated rings. The number of pyridine rings is 1. The molecule has 0 saturated heterocycles. The van der Waals surface area contributed by atoms with Crippen LogP contribution in [0.4, 0.5) is 0 Å². The number of ether oxygens (including phenoxy) is 4. The third-order valence-electron chi connectivity index (χ3n) is 18.0. The van der Waals surface area contributed by atoms with Crippen LogP contribution < -0.4 is 28.6 Å². The van der Waals surface area contributed by atoms with Crippen LogP contribution >= 0.6 is 0 Å². The van der Waals surface area contributed by atoms with E-state index in [1.807, 2.05) is 19.1 Å². The number of aliphatic carboxylic acids is 1. The Morgan fingerprint density at radius 2 is 1.63 bits per heavy atom. The standard InChI is InChI=1S/C30H46O4.C20H18NO4/c1-25(2)21-8-11-30(7)23(28(21,5)10-9-22(25)32)20(31)16-18-19-17-27(4,24(33)34)13-12-26(19,3)14-15-29(18,30)6;1-22-17-4-3-12-7-16-14-9-19-18(24-11-25-19)8-13(14)5-6-21(16)10-15(12)20(17)23-2/h16,19,21-23,32H,8-15,17H2,1-7H3,(H,33,34);3-4,7-10H,5-6,11H2,1-2H3/q;+1/p-1/t19-,21-,22-,23+,26+,27-,28-,29+,30+;/m0./s1. The van der Waals surface area contributed by atoms with Crippen LogP contribution in [0.15, 0.2) is 48.2 Å². The molecule has 5 aliphatic carbocycles. The van der Waals surface area contributed by atoms with Gasteiger partial charge in [-0.1, -0.05) is 54.0 Å². The van der Waals surface area contributed by atoms with Gasteiger partial charge >= 0.3 is 0 Å². The number of aromatic nitrogens is 1. The molecule has 0 bridgehead atoms. The van der Waals surface area contributed by atoms with E-state index in [2.05, 4.69) is 76.6 Å². The number of hydrogen-bond acceptors (Lipinski definition) is 8. The first-order valence-electron chi connectivity index (χ1n) is 22.0. The Hall–Kier alpha value is -4.11. The number of allylic oxidation sites excluding steroid dienone is 2. The number of methoxy groups -OCH3 is 2. The summed E-state index contributed by atoms with van der Waals surface area (Å²) in [5.41, 5.74) is 3.60.